The topological polar surface area (TPSA) is 92.0 Å². The van der Waals surface area contributed by atoms with Crippen molar-refractivity contribution in [2.24, 2.45) is 0 Å². The van der Waals surface area contributed by atoms with Crippen LogP contribution in [-0.4, -0.2) is 41.9 Å². The zero-order valence-electron chi connectivity index (χ0n) is 15.2. The van der Waals surface area contributed by atoms with Gasteiger partial charge in [-0.15, -0.1) is 0 Å². The van der Waals surface area contributed by atoms with Crippen LogP contribution in [0.25, 0.3) is 0 Å². The van der Waals surface area contributed by atoms with E-state index in [9.17, 15) is 27.9 Å². The van der Waals surface area contributed by atoms with Crippen molar-refractivity contribution in [2.75, 3.05) is 19.0 Å². The van der Waals surface area contributed by atoms with Gasteiger partial charge in [-0.1, -0.05) is 6.07 Å². The Hall–Kier alpha value is -3.17. The van der Waals surface area contributed by atoms with E-state index >= 15 is 0 Å². The Balaban J connectivity index is 1.82. The molecular formula is C19H17F3N2O5. The molecule has 0 spiro atoms. The van der Waals surface area contributed by atoms with E-state index in [1.807, 2.05) is 0 Å². The van der Waals surface area contributed by atoms with Gasteiger partial charge in [-0.25, -0.2) is 0 Å². The molecule has 7 nitrogen and oxygen atoms in total. The molecule has 2 atom stereocenters. The molecule has 0 radical (unpaired) electrons. The maximum Gasteiger partial charge on any atom is 0.471 e. The molecule has 1 fully saturated rings. The van der Waals surface area contributed by atoms with Crippen LogP contribution in [0.5, 0.6) is 11.5 Å². The number of hydrogen-bond donors (Lipinski definition) is 2. The molecular weight excluding hydrogens is 393 g/mol. The Labute approximate surface area is 162 Å². The van der Waals surface area contributed by atoms with E-state index < -0.39 is 34.8 Å². The molecule has 2 aliphatic rings. The second-order valence-corrected chi connectivity index (χ2v) is 7.09. The van der Waals surface area contributed by atoms with Crippen molar-refractivity contribution in [2.45, 2.75) is 30.6 Å². The molecule has 0 unspecified atom stereocenters. The molecule has 2 aromatic rings. The molecule has 2 aliphatic heterocycles. The van der Waals surface area contributed by atoms with E-state index in [1.165, 1.54) is 7.11 Å². The van der Waals surface area contributed by atoms with E-state index in [2.05, 4.69) is 5.32 Å². The van der Waals surface area contributed by atoms with Gasteiger partial charge in [0.25, 0.3) is 0 Å². The minimum absolute atomic E-state index is 0.0470. The molecule has 0 bridgehead atoms. The fourth-order valence-electron chi connectivity index (χ4n) is 4.26. The van der Waals surface area contributed by atoms with E-state index in [0.717, 1.165) is 17.2 Å². The standard InChI is InChI=1S/C19H17F3N2O5/c1-28-10-2-3-11-12(8-10)23-16-18(11,5-6-24(16)17(27)19(20,21)22)9-14-15(26)13(25)4-7-29-14/h2-4,7-8,16,23,26H,5-6,9H2,1H3/t16-,18+/m0/s1. The van der Waals surface area contributed by atoms with Crippen molar-refractivity contribution < 1.29 is 32.2 Å². The Morgan fingerprint density at radius 2 is 2.17 bits per heavy atom. The third-order valence-electron chi connectivity index (χ3n) is 5.60. The number of alkyl halides is 3. The van der Waals surface area contributed by atoms with Gasteiger partial charge >= 0.3 is 12.1 Å². The quantitative estimate of drug-likeness (QED) is 0.808. The first kappa shape index (κ1) is 19.2. The summed E-state index contributed by atoms with van der Waals surface area (Å²) in [7, 11) is 1.46. The molecule has 1 aromatic carbocycles. The number of rotatable bonds is 3. The van der Waals surface area contributed by atoms with Gasteiger partial charge in [0.05, 0.1) is 13.4 Å². The lowest BCUT2D eigenvalue weighted by atomic mass is 9.75. The van der Waals surface area contributed by atoms with Crippen LogP contribution in [0.1, 0.15) is 17.7 Å². The maximum absolute atomic E-state index is 13.1. The molecule has 3 heterocycles. The molecule has 1 aromatic heterocycles. The molecule has 0 saturated carbocycles. The smallest absolute Gasteiger partial charge is 0.471 e. The molecule has 4 rings (SSSR count). The minimum atomic E-state index is -5.02. The zero-order valence-corrected chi connectivity index (χ0v) is 15.2. The number of fused-ring (bicyclic) bond motifs is 3. The minimum Gasteiger partial charge on any atom is -0.502 e. The van der Waals surface area contributed by atoms with Crippen molar-refractivity contribution in [3.63, 3.8) is 0 Å². The number of nitrogens with one attached hydrogen (secondary N) is 1. The summed E-state index contributed by atoms with van der Waals surface area (Å²) in [4.78, 5) is 24.5. The number of hydrogen-bond acceptors (Lipinski definition) is 6. The van der Waals surface area contributed by atoms with Crippen LogP contribution in [0.4, 0.5) is 18.9 Å². The summed E-state index contributed by atoms with van der Waals surface area (Å²) >= 11 is 0. The second-order valence-electron chi connectivity index (χ2n) is 7.09. The number of amides is 1. The van der Waals surface area contributed by atoms with Gasteiger partial charge in [0.15, 0.2) is 0 Å². The number of benzene rings is 1. The molecule has 1 saturated heterocycles. The average molecular weight is 410 g/mol. The summed E-state index contributed by atoms with van der Waals surface area (Å²) in [5.74, 6) is -2.10. The van der Waals surface area contributed by atoms with E-state index in [-0.39, 0.29) is 25.1 Å². The number of nitrogens with zero attached hydrogens (tertiary/aromatic N) is 1. The summed E-state index contributed by atoms with van der Waals surface area (Å²) in [6.07, 6.45) is -4.81. The van der Waals surface area contributed by atoms with Crippen LogP contribution in [-0.2, 0) is 16.6 Å². The largest absolute Gasteiger partial charge is 0.502 e. The third kappa shape index (κ3) is 2.90. The van der Waals surface area contributed by atoms with E-state index in [1.54, 1.807) is 18.2 Å². The number of aromatic hydroxyl groups is 1. The van der Waals surface area contributed by atoms with Crippen molar-refractivity contribution in [1.29, 1.82) is 0 Å². The Morgan fingerprint density at radius 3 is 2.86 bits per heavy atom. The first-order valence-electron chi connectivity index (χ1n) is 8.80. The van der Waals surface area contributed by atoms with Gasteiger partial charge < -0.3 is 24.5 Å². The number of methoxy groups -OCH3 is 1. The van der Waals surface area contributed by atoms with Gasteiger partial charge in [-0.3, -0.25) is 9.59 Å². The van der Waals surface area contributed by atoms with Crippen LogP contribution in [0.15, 0.2) is 39.7 Å². The lowest BCUT2D eigenvalue weighted by molar-refractivity contribution is -0.186. The lowest BCUT2D eigenvalue weighted by Crippen LogP contribution is -2.51. The number of anilines is 1. The Morgan fingerprint density at radius 1 is 1.41 bits per heavy atom. The fourth-order valence-corrected chi connectivity index (χ4v) is 4.26. The van der Waals surface area contributed by atoms with Crippen molar-refractivity contribution in [1.82, 2.24) is 4.90 Å². The monoisotopic (exact) mass is 410 g/mol. The highest BCUT2D eigenvalue weighted by atomic mass is 19.4. The molecule has 0 aliphatic carbocycles. The molecule has 10 heteroatoms. The van der Waals surface area contributed by atoms with Crippen LogP contribution >= 0.6 is 0 Å². The predicted molar refractivity (Wildman–Crippen MR) is 94.8 cm³/mol. The van der Waals surface area contributed by atoms with Gasteiger partial charge in [-0.05, 0) is 18.1 Å². The summed E-state index contributed by atoms with van der Waals surface area (Å²) in [5.41, 5.74) is -0.489. The van der Waals surface area contributed by atoms with Crippen LogP contribution < -0.4 is 15.5 Å². The van der Waals surface area contributed by atoms with Crippen molar-refractivity contribution >= 4 is 11.6 Å². The van der Waals surface area contributed by atoms with Gasteiger partial charge in [0, 0.05) is 36.2 Å². The van der Waals surface area contributed by atoms with Gasteiger partial charge in [-0.2, -0.15) is 13.2 Å². The average Bonchev–Trinajstić information content (AvgIpc) is 3.17. The van der Waals surface area contributed by atoms with Crippen molar-refractivity contribution in [3.8, 4) is 11.5 Å². The second kappa shape index (κ2) is 6.43. The summed E-state index contributed by atoms with van der Waals surface area (Å²) < 4.78 is 49.9. The number of likely N-dealkylation sites (tertiary alicyclic amines) is 1. The van der Waals surface area contributed by atoms with Crippen LogP contribution in [0.3, 0.4) is 0 Å². The number of carbonyl (C=O) groups excluding carboxylic acids is 1. The van der Waals surface area contributed by atoms with Crippen LogP contribution in [0, 0.1) is 0 Å². The first-order chi connectivity index (χ1) is 13.7. The molecule has 29 heavy (non-hydrogen) atoms. The predicted octanol–water partition coefficient (Wildman–Crippen LogP) is 2.38. The highest BCUT2D eigenvalue weighted by Gasteiger charge is 2.59. The highest BCUT2D eigenvalue weighted by molar-refractivity contribution is 5.84. The van der Waals surface area contributed by atoms with Gasteiger partial charge in [0.1, 0.15) is 17.7 Å². The van der Waals surface area contributed by atoms with E-state index in [4.69, 9.17) is 9.15 Å². The molecule has 2 N–H and O–H groups in total. The fraction of sp³-hybridized carbons (Fsp3) is 0.368. The zero-order chi connectivity index (χ0) is 21.0. The first-order valence-corrected chi connectivity index (χ1v) is 8.80. The van der Waals surface area contributed by atoms with E-state index in [0.29, 0.717) is 17.0 Å². The van der Waals surface area contributed by atoms with Crippen molar-refractivity contribution in [3.05, 3.63) is 52.1 Å². The van der Waals surface area contributed by atoms with Crippen LogP contribution in [0.2, 0.25) is 0 Å². The normalized spacial score (nSPS) is 22.8. The highest BCUT2D eigenvalue weighted by Crippen LogP contribution is 2.52. The molecule has 1 amide bonds. The number of ether oxygens (including phenoxy) is 1. The number of halogens is 3. The van der Waals surface area contributed by atoms with Gasteiger partial charge in [0.2, 0.25) is 11.2 Å². The summed E-state index contributed by atoms with van der Waals surface area (Å²) in [6.45, 7) is -0.140. The summed E-state index contributed by atoms with van der Waals surface area (Å²) in [6, 6.07) is 6.06. The number of carbonyl (C=O) groups is 1. The summed E-state index contributed by atoms with van der Waals surface area (Å²) in [5, 5.41) is 13.1. The SMILES string of the molecule is COc1ccc2c(c1)N[C@H]1N(C(=O)C(F)(F)F)CC[C@@]21Cc1occc(=O)c1O. The third-order valence-corrected chi connectivity index (χ3v) is 5.60. The lowest BCUT2D eigenvalue weighted by Gasteiger charge is -2.32. The maximum atomic E-state index is 13.1. The Bertz CT molecular complexity index is 1040. The molecule has 154 valence electrons. The Kier molecular flexibility index (Phi) is 4.25.